The molecule has 0 bridgehead atoms. The van der Waals surface area contributed by atoms with Crippen LogP contribution in [0, 0.1) is 5.92 Å². The monoisotopic (exact) mass is 206 g/mol. The fourth-order valence-electron chi connectivity index (χ4n) is 0.969. The average molecular weight is 207 g/mol. The second-order valence-electron chi connectivity index (χ2n) is 4.33. The first kappa shape index (κ1) is 13.2. The summed E-state index contributed by atoms with van der Waals surface area (Å²) in [6, 6.07) is 0. The van der Waals surface area contributed by atoms with E-state index in [1.54, 1.807) is 0 Å². The Morgan fingerprint density at radius 1 is 1.31 bits per heavy atom. The van der Waals surface area contributed by atoms with Crippen LogP contribution in [0.1, 0.15) is 47.0 Å². The van der Waals surface area contributed by atoms with Crippen molar-refractivity contribution >= 4 is 11.6 Å². The molecule has 0 amide bonds. The van der Waals surface area contributed by atoms with E-state index in [1.807, 2.05) is 0 Å². The van der Waals surface area contributed by atoms with E-state index in [2.05, 4.69) is 27.7 Å². The molecule has 0 radical (unpaired) electrons. The Kier molecular flexibility index (Phi) is 6.79. The van der Waals surface area contributed by atoms with Gasteiger partial charge in [0.05, 0.1) is 5.60 Å². The summed E-state index contributed by atoms with van der Waals surface area (Å²) in [5.74, 6) is 1.45. The average Bonchev–Trinajstić information content (AvgIpc) is 2.05. The van der Waals surface area contributed by atoms with Crippen LogP contribution in [0.3, 0.4) is 0 Å². The lowest BCUT2D eigenvalue weighted by Crippen LogP contribution is -2.24. The lowest BCUT2D eigenvalue weighted by atomic mass is 10.0. The second kappa shape index (κ2) is 6.67. The summed E-state index contributed by atoms with van der Waals surface area (Å²) in [7, 11) is 0. The van der Waals surface area contributed by atoms with E-state index in [4.69, 9.17) is 16.3 Å². The molecule has 2 heteroatoms. The van der Waals surface area contributed by atoms with Crippen LogP contribution in [0.15, 0.2) is 0 Å². The molecule has 0 aromatic heterocycles. The smallest absolute Gasteiger partial charge is 0.0623 e. The zero-order valence-corrected chi connectivity index (χ0v) is 10.2. The standard InChI is InChI=1S/C11H23ClO/c1-5-11(3,4)13-9-7-10(2)6-8-12/h10H,5-9H2,1-4H3. The van der Waals surface area contributed by atoms with E-state index in [0.29, 0.717) is 5.92 Å². The van der Waals surface area contributed by atoms with Crippen LogP contribution in [0.5, 0.6) is 0 Å². The number of ether oxygens (including phenoxy) is 1. The molecule has 80 valence electrons. The molecule has 0 spiro atoms. The Balaban J connectivity index is 3.44. The normalized spacial score (nSPS) is 14.5. The van der Waals surface area contributed by atoms with Crippen LogP contribution in [0.2, 0.25) is 0 Å². The minimum atomic E-state index is 0.0423. The predicted octanol–water partition coefficient (Wildman–Crippen LogP) is 3.85. The highest BCUT2D eigenvalue weighted by Crippen LogP contribution is 2.16. The van der Waals surface area contributed by atoms with E-state index >= 15 is 0 Å². The van der Waals surface area contributed by atoms with Gasteiger partial charge in [0.25, 0.3) is 0 Å². The maximum Gasteiger partial charge on any atom is 0.0623 e. The number of halogens is 1. The topological polar surface area (TPSA) is 9.23 Å². The third-order valence-electron chi connectivity index (χ3n) is 2.56. The van der Waals surface area contributed by atoms with Gasteiger partial charge in [-0.25, -0.2) is 0 Å². The van der Waals surface area contributed by atoms with Crippen LogP contribution in [-0.4, -0.2) is 18.1 Å². The van der Waals surface area contributed by atoms with Crippen LogP contribution in [0.25, 0.3) is 0 Å². The summed E-state index contributed by atoms with van der Waals surface area (Å²) in [6.45, 7) is 9.52. The first-order chi connectivity index (χ1) is 6.02. The highest BCUT2D eigenvalue weighted by molar-refractivity contribution is 6.17. The van der Waals surface area contributed by atoms with E-state index in [-0.39, 0.29) is 5.60 Å². The number of hydrogen-bond donors (Lipinski definition) is 0. The van der Waals surface area contributed by atoms with Crippen molar-refractivity contribution in [3.8, 4) is 0 Å². The van der Waals surface area contributed by atoms with Gasteiger partial charge in [-0.1, -0.05) is 13.8 Å². The minimum Gasteiger partial charge on any atom is -0.376 e. The molecule has 0 aliphatic rings. The number of hydrogen-bond acceptors (Lipinski definition) is 1. The maximum absolute atomic E-state index is 5.75. The number of rotatable bonds is 7. The molecule has 1 nitrogen and oxygen atoms in total. The molecule has 1 unspecified atom stereocenters. The van der Waals surface area contributed by atoms with E-state index in [1.165, 1.54) is 0 Å². The molecule has 0 saturated heterocycles. The van der Waals surface area contributed by atoms with Crippen molar-refractivity contribution in [2.75, 3.05) is 12.5 Å². The van der Waals surface area contributed by atoms with Gasteiger partial charge in [-0.15, -0.1) is 11.6 Å². The Labute approximate surface area is 87.8 Å². The van der Waals surface area contributed by atoms with Gasteiger partial charge < -0.3 is 4.74 Å². The predicted molar refractivity (Wildman–Crippen MR) is 59.4 cm³/mol. The van der Waals surface area contributed by atoms with Gasteiger partial charge in [-0.3, -0.25) is 0 Å². The molecule has 0 N–H and O–H groups in total. The van der Waals surface area contributed by atoms with Gasteiger partial charge >= 0.3 is 0 Å². The molecule has 13 heavy (non-hydrogen) atoms. The van der Waals surface area contributed by atoms with E-state index < -0.39 is 0 Å². The largest absolute Gasteiger partial charge is 0.376 e. The van der Waals surface area contributed by atoms with Crippen molar-refractivity contribution < 1.29 is 4.74 Å². The first-order valence-corrected chi connectivity index (χ1v) is 5.75. The third kappa shape index (κ3) is 7.33. The minimum absolute atomic E-state index is 0.0423. The van der Waals surface area contributed by atoms with Crippen molar-refractivity contribution in [3.05, 3.63) is 0 Å². The van der Waals surface area contributed by atoms with Crippen molar-refractivity contribution in [1.29, 1.82) is 0 Å². The van der Waals surface area contributed by atoms with Crippen LogP contribution < -0.4 is 0 Å². The second-order valence-corrected chi connectivity index (χ2v) is 4.71. The summed E-state index contributed by atoms with van der Waals surface area (Å²) < 4.78 is 5.75. The van der Waals surface area contributed by atoms with Gasteiger partial charge in [0.1, 0.15) is 0 Å². The Morgan fingerprint density at radius 2 is 1.92 bits per heavy atom. The molecule has 0 saturated carbocycles. The molecule has 0 aromatic carbocycles. The van der Waals surface area contributed by atoms with Gasteiger partial charge in [-0.2, -0.15) is 0 Å². The lowest BCUT2D eigenvalue weighted by molar-refractivity contribution is -0.0251. The van der Waals surface area contributed by atoms with Crippen molar-refractivity contribution in [3.63, 3.8) is 0 Å². The molecule has 0 aromatic rings. The van der Waals surface area contributed by atoms with Crippen molar-refractivity contribution in [1.82, 2.24) is 0 Å². The van der Waals surface area contributed by atoms with Crippen LogP contribution in [0.4, 0.5) is 0 Å². The fraction of sp³-hybridized carbons (Fsp3) is 1.00. The zero-order valence-electron chi connectivity index (χ0n) is 9.40. The molecule has 0 fully saturated rings. The Hall–Kier alpha value is 0.250. The molecule has 0 aliphatic carbocycles. The number of alkyl halides is 1. The summed E-state index contributed by atoms with van der Waals surface area (Å²) in [5, 5.41) is 0. The summed E-state index contributed by atoms with van der Waals surface area (Å²) >= 11 is 5.65. The highest BCUT2D eigenvalue weighted by Gasteiger charge is 2.15. The summed E-state index contributed by atoms with van der Waals surface area (Å²) in [5.41, 5.74) is 0.0423. The van der Waals surface area contributed by atoms with Crippen LogP contribution >= 0.6 is 11.6 Å². The molecular formula is C11H23ClO. The van der Waals surface area contributed by atoms with Gasteiger partial charge in [0.2, 0.25) is 0 Å². The van der Waals surface area contributed by atoms with Gasteiger partial charge in [0.15, 0.2) is 0 Å². The molecular weight excluding hydrogens is 184 g/mol. The molecule has 1 atom stereocenters. The summed E-state index contributed by atoms with van der Waals surface area (Å²) in [6.07, 6.45) is 3.28. The Bertz CT molecular complexity index is 123. The molecule has 0 rings (SSSR count). The molecule has 0 aliphatic heterocycles. The van der Waals surface area contributed by atoms with Crippen molar-refractivity contribution in [2.24, 2.45) is 5.92 Å². The fourth-order valence-corrected chi connectivity index (χ4v) is 1.34. The first-order valence-electron chi connectivity index (χ1n) is 5.21. The maximum atomic E-state index is 5.75. The quantitative estimate of drug-likeness (QED) is 0.575. The van der Waals surface area contributed by atoms with E-state index in [0.717, 1.165) is 31.7 Å². The lowest BCUT2D eigenvalue weighted by Gasteiger charge is -2.24. The van der Waals surface area contributed by atoms with Gasteiger partial charge in [-0.05, 0) is 39.0 Å². The summed E-state index contributed by atoms with van der Waals surface area (Å²) in [4.78, 5) is 0. The van der Waals surface area contributed by atoms with E-state index in [9.17, 15) is 0 Å². The zero-order chi connectivity index (χ0) is 10.3. The van der Waals surface area contributed by atoms with Gasteiger partial charge in [0, 0.05) is 12.5 Å². The Morgan fingerprint density at radius 3 is 2.38 bits per heavy atom. The van der Waals surface area contributed by atoms with Crippen LogP contribution in [-0.2, 0) is 4.74 Å². The highest BCUT2D eigenvalue weighted by atomic mass is 35.5. The SMILES string of the molecule is CCC(C)(C)OCCC(C)CCCl. The van der Waals surface area contributed by atoms with Crippen molar-refractivity contribution in [2.45, 2.75) is 52.6 Å². The third-order valence-corrected chi connectivity index (χ3v) is 2.78. The molecule has 0 heterocycles.